The van der Waals surface area contributed by atoms with Gasteiger partial charge in [-0.05, 0) is 48.7 Å². The van der Waals surface area contributed by atoms with Crippen molar-refractivity contribution >= 4 is 5.95 Å². The van der Waals surface area contributed by atoms with Crippen molar-refractivity contribution in [2.45, 2.75) is 25.4 Å². The molecule has 1 aliphatic rings. The maximum absolute atomic E-state index is 5.55. The molecule has 0 bridgehead atoms. The van der Waals surface area contributed by atoms with Gasteiger partial charge in [0, 0.05) is 0 Å². The molecule has 0 unspecified atom stereocenters. The Bertz CT molecular complexity index is 858. The molecule has 0 amide bonds. The molecular formula is C20H22N4O2. The summed E-state index contributed by atoms with van der Waals surface area (Å²) in [7, 11) is 1.68. The number of benzene rings is 2. The second kappa shape index (κ2) is 7.07. The summed E-state index contributed by atoms with van der Waals surface area (Å²) < 4.78 is 12.8. The van der Waals surface area contributed by atoms with Crippen LogP contribution in [0.3, 0.4) is 0 Å². The number of nitrogens with zero attached hydrogens (tertiary/aromatic N) is 3. The van der Waals surface area contributed by atoms with Crippen molar-refractivity contribution in [1.29, 1.82) is 0 Å². The molecule has 0 saturated carbocycles. The first-order chi connectivity index (χ1) is 12.8. The van der Waals surface area contributed by atoms with Crippen LogP contribution in [-0.2, 0) is 0 Å². The van der Waals surface area contributed by atoms with Crippen molar-refractivity contribution < 1.29 is 9.47 Å². The lowest BCUT2D eigenvalue weighted by molar-refractivity contribution is 0.340. The maximum atomic E-state index is 5.55. The average Bonchev–Trinajstić information content (AvgIpc) is 3.17. The first kappa shape index (κ1) is 16.4. The van der Waals surface area contributed by atoms with Crippen LogP contribution in [0.15, 0.2) is 54.9 Å². The Morgan fingerprint density at radius 3 is 2.42 bits per heavy atom. The third kappa shape index (κ3) is 3.10. The van der Waals surface area contributed by atoms with Gasteiger partial charge in [0.25, 0.3) is 0 Å². The third-order valence-corrected chi connectivity index (χ3v) is 4.72. The summed E-state index contributed by atoms with van der Waals surface area (Å²) in [5.41, 5.74) is 2.40. The number of anilines is 1. The molecule has 3 aromatic rings. The summed E-state index contributed by atoms with van der Waals surface area (Å²) in [4.78, 5) is 4.38. The largest absolute Gasteiger partial charge is 0.497 e. The predicted octanol–water partition coefficient (Wildman–Crippen LogP) is 3.83. The molecule has 6 nitrogen and oxygen atoms in total. The number of ether oxygens (including phenoxy) is 2. The van der Waals surface area contributed by atoms with E-state index in [1.165, 1.54) is 11.1 Å². The van der Waals surface area contributed by atoms with Crippen LogP contribution in [0.5, 0.6) is 11.5 Å². The van der Waals surface area contributed by atoms with Gasteiger partial charge in [-0.15, -0.1) is 0 Å². The topological polar surface area (TPSA) is 61.2 Å². The Balaban J connectivity index is 1.63. The van der Waals surface area contributed by atoms with Gasteiger partial charge in [-0.3, -0.25) is 0 Å². The van der Waals surface area contributed by atoms with E-state index < -0.39 is 0 Å². The predicted molar refractivity (Wildman–Crippen MR) is 99.7 cm³/mol. The van der Waals surface area contributed by atoms with E-state index in [0.717, 1.165) is 23.9 Å². The van der Waals surface area contributed by atoms with Crippen LogP contribution in [0.4, 0.5) is 5.95 Å². The van der Waals surface area contributed by atoms with Crippen LogP contribution >= 0.6 is 0 Å². The molecule has 134 valence electrons. The van der Waals surface area contributed by atoms with E-state index in [1.54, 1.807) is 13.4 Å². The second-order valence-electron chi connectivity index (χ2n) is 6.25. The Labute approximate surface area is 152 Å². The number of hydrogen-bond acceptors (Lipinski definition) is 5. The first-order valence-corrected chi connectivity index (χ1v) is 8.81. The van der Waals surface area contributed by atoms with Gasteiger partial charge in [0.1, 0.15) is 17.8 Å². The zero-order valence-electron chi connectivity index (χ0n) is 14.9. The maximum Gasteiger partial charge on any atom is 0.222 e. The van der Waals surface area contributed by atoms with E-state index in [-0.39, 0.29) is 12.1 Å². The minimum absolute atomic E-state index is 0.122. The number of nitrogens with one attached hydrogen (secondary N) is 1. The molecule has 1 N–H and O–H groups in total. The summed E-state index contributed by atoms with van der Waals surface area (Å²) in [5, 5.41) is 7.91. The lowest BCUT2D eigenvalue weighted by atomic mass is 9.93. The lowest BCUT2D eigenvalue weighted by Crippen LogP contribution is -2.28. The normalized spacial score (nSPS) is 18.7. The van der Waals surface area contributed by atoms with Crippen molar-refractivity contribution in [3.8, 4) is 11.5 Å². The molecule has 2 atom stereocenters. The third-order valence-electron chi connectivity index (χ3n) is 4.72. The van der Waals surface area contributed by atoms with E-state index in [1.807, 2.05) is 35.9 Å². The summed E-state index contributed by atoms with van der Waals surface area (Å²) in [5.74, 6) is 2.53. The number of methoxy groups -OCH3 is 1. The molecule has 0 spiro atoms. The lowest BCUT2D eigenvalue weighted by Gasteiger charge is -2.32. The highest BCUT2D eigenvalue weighted by molar-refractivity contribution is 5.40. The Morgan fingerprint density at radius 1 is 1.04 bits per heavy atom. The Kier molecular flexibility index (Phi) is 4.48. The van der Waals surface area contributed by atoms with Crippen LogP contribution in [0.2, 0.25) is 0 Å². The summed E-state index contributed by atoms with van der Waals surface area (Å²) in [6.07, 6.45) is 2.48. The molecule has 4 rings (SSSR count). The van der Waals surface area contributed by atoms with Gasteiger partial charge in [-0.2, -0.15) is 10.1 Å². The first-order valence-electron chi connectivity index (χ1n) is 8.81. The summed E-state index contributed by atoms with van der Waals surface area (Å²) >= 11 is 0. The fourth-order valence-corrected chi connectivity index (χ4v) is 3.41. The molecule has 0 radical (unpaired) electrons. The van der Waals surface area contributed by atoms with Gasteiger partial charge >= 0.3 is 0 Å². The quantitative estimate of drug-likeness (QED) is 0.758. The van der Waals surface area contributed by atoms with E-state index in [9.17, 15) is 0 Å². The van der Waals surface area contributed by atoms with Gasteiger partial charge in [0.2, 0.25) is 5.95 Å². The molecule has 0 fully saturated rings. The van der Waals surface area contributed by atoms with E-state index in [4.69, 9.17) is 9.47 Å². The van der Waals surface area contributed by atoms with Crippen molar-refractivity contribution in [1.82, 2.24) is 14.8 Å². The molecule has 2 heterocycles. The number of rotatable bonds is 5. The molecule has 1 aliphatic heterocycles. The number of aromatic nitrogens is 3. The minimum atomic E-state index is 0.122. The standard InChI is InChI=1S/C20H22N4O2/c1-3-26-17-10-4-14(5-11-17)18-12-19(24-20(23-18)21-13-22-24)15-6-8-16(25-2)9-7-15/h4-11,13,18-19H,3,12H2,1-2H3,(H,21,22,23)/t18-,19-/m1/s1. The van der Waals surface area contributed by atoms with Crippen molar-refractivity contribution in [3.05, 3.63) is 66.0 Å². The highest BCUT2D eigenvalue weighted by Crippen LogP contribution is 2.38. The molecule has 26 heavy (non-hydrogen) atoms. The zero-order chi connectivity index (χ0) is 17.9. The number of fused-ring (bicyclic) bond motifs is 1. The summed E-state index contributed by atoms with van der Waals surface area (Å²) in [6, 6.07) is 16.7. The van der Waals surface area contributed by atoms with Crippen LogP contribution in [-0.4, -0.2) is 28.5 Å². The van der Waals surface area contributed by atoms with Gasteiger partial charge in [-0.25, -0.2) is 4.68 Å². The monoisotopic (exact) mass is 350 g/mol. The van der Waals surface area contributed by atoms with Crippen molar-refractivity contribution in [2.24, 2.45) is 0 Å². The molecule has 2 aromatic carbocycles. The van der Waals surface area contributed by atoms with Crippen LogP contribution in [0, 0.1) is 0 Å². The smallest absolute Gasteiger partial charge is 0.222 e. The summed E-state index contributed by atoms with van der Waals surface area (Å²) in [6.45, 7) is 2.66. The minimum Gasteiger partial charge on any atom is -0.497 e. The second-order valence-corrected chi connectivity index (χ2v) is 6.25. The Hall–Kier alpha value is -3.02. The molecule has 0 saturated heterocycles. The Morgan fingerprint density at radius 2 is 1.73 bits per heavy atom. The highest BCUT2D eigenvalue weighted by Gasteiger charge is 2.29. The van der Waals surface area contributed by atoms with Gasteiger partial charge in [0.15, 0.2) is 0 Å². The van der Waals surface area contributed by atoms with Crippen molar-refractivity contribution in [2.75, 3.05) is 19.0 Å². The van der Waals surface area contributed by atoms with Gasteiger partial charge in [0.05, 0.1) is 25.8 Å². The fourth-order valence-electron chi connectivity index (χ4n) is 3.41. The van der Waals surface area contributed by atoms with Crippen molar-refractivity contribution in [3.63, 3.8) is 0 Å². The van der Waals surface area contributed by atoms with Crippen LogP contribution in [0.25, 0.3) is 0 Å². The average molecular weight is 350 g/mol. The molecule has 1 aromatic heterocycles. The van der Waals surface area contributed by atoms with Gasteiger partial charge in [-0.1, -0.05) is 24.3 Å². The highest BCUT2D eigenvalue weighted by atomic mass is 16.5. The zero-order valence-corrected chi connectivity index (χ0v) is 14.9. The molecular weight excluding hydrogens is 328 g/mol. The molecule has 6 heteroatoms. The van der Waals surface area contributed by atoms with E-state index in [2.05, 4.69) is 39.7 Å². The van der Waals surface area contributed by atoms with Crippen LogP contribution < -0.4 is 14.8 Å². The van der Waals surface area contributed by atoms with E-state index in [0.29, 0.717) is 6.61 Å². The number of hydrogen-bond donors (Lipinski definition) is 1. The molecule has 0 aliphatic carbocycles. The fraction of sp³-hybridized carbons (Fsp3) is 0.300. The van der Waals surface area contributed by atoms with E-state index >= 15 is 0 Å². The SMILES string of the molecule is CCOc1ccc([C@H]2C[C@H](c3ccc(OC)cc3)n3ncnc3N2)cc1. The van der Waals surface area contributed by atoms with Gasteiger partial charge < -0.3 is 14.8 Å². The van der Waals surface area contributed by atoms with Crippen LogP contribution in [0.1, 0.15) is 36.6 Å².